The fraction of sp³-hybridized carbons (Fsp3) is 0.400. The molecule has 25 heavy (non-hydrogen) atoms. The van der Waals surface area contributed by atoms with Gasteiger partial charge in [0.05, 0.1) is 5.69 Å². The Labute approximate surface area is 148 Å². The normalized spacial score (nSPS) is 17.2. The molecule has 132 valence electrons. The van der Waals surface area contributed by atoms with Crippen LogP contribution in [-0.4, -0.2) is 47.8 Å². The maximum absolute atomic E-state index is 12.4. The van der Waals surface area contributed by atoms with Gasteiger partial charge in [0.2, 0.25) is 0 Å². The highest BCUT2D eigenvalue weighted by Crippen LogP contribution is 2.34. The molecule has 1 aromatic heterocycles. The summed E-state index contributed by atoms with van der Waals surface area (Å²) in [6.07, 6.45) is 3.70. The van der Waals surface area contributed by atoms with Gasteiger partial charge in [0, 0.05) is 25.2 Å². The zero-order valence-corrected chi connectivity index (χ0v) is 14.9. The maximum atomic E-state index is 12.4. The molecule has 0 atom stereocenters. The van der Waals surface area contributed by atoms with Gasteiger partial charge in [0.1, 0.15) is 0 Å². The van der Waals surface area contributed by atoms with E-state index in [0.717, 1.165) is 25.9 Å². The van der Waals surface area contributed by atoms with E-state index in [4.69, 9.17) is 0 Å². The monoisotopic (exact) mass is 339 g/mol. The van der Waals surface area contributed by atoms with Gasteiger partial charge in [-0.2, -0.15) is 0 Å². The third-order valence-electron chi connectivity index (χ3n) is 5.30. The number of benzene rings is 1. The third-order valence-corrected chi connectivity index (χ3v) is 5.30. The second-order valence-corrected chi connectivity index (χ2v) is 6.97. The second kappa shape index (κ2) is 7.23. The fourth-order valence-electron chi connectivity index (χ4n) is 3.55. The highest BCUT2D eigenvalue weighted by Gasteiger charge is 2.36. The van der Waals surface area contributed by atoms with Gasteiger partial charge in [-0.05, 0) is 50.7 Å². The third kappa shape index (κ3) is 3.66. The predicted octanol–water partition coefficient (Wildman–Crippen LogP) is 1.99. The van der Waals surface area contributed by atoms with Crippen LogP contribution in [0.3, 0.4) is 0 Å². The Balaban J connectivity index is 1.74. The number of likely N-dealkylation sites (tertiary alicyclic amines) is 1. The molecule has 2 aromatic rings. The van der Waals surface area contributed by atoms with Crippen LogP contribution >= 0.6 is 0 Å². The van der Waals surface area contributed by atoms with Gasteiger partial charge in [0.25, 0.3) is 11.7 Å². The van der Waals surface area contributed by atoms with Gasteiger partial charge < -0.3 is 14.8 Å². The SMILES string of the molecule is CN1CCC(CNC(=O)C(=O)c2cccn2C)(c2ccccc2)CC1. The molecule has 1 N–H and O–H groups in total. The first kappa shape index (κ1) is 17.4. The number of nitrogens with zero attached hydrogens (tertiary/aromatic N) is 2. The molecule has 0 radical (unpaired) electrons. The molecule has 0 spiro atoms. The number of piperidine rings is 1. The van der Waals surface area contributed by atoms with Gasteiger partial charge in [-0.3, -0.25) is 9.59 Å². The minimum absolute atomic E-state index is 0.113. The van der Waals surface area contributed by atoms with Crippen LogP contribution in [0.25, 0.3) is 0 Å². The molecule has 0 bridgehead atoms. The van der Waals surface area contributed by atoms with Crippen LogP contribution in [0.4, 0.5) is 0 Å². The van der Waals surface area contributed by atoms with E-state index in [-0.39, 0.29) is 5.41 Å². The van der Waals surface area contributed by atoms with E-state index in [9.17, 15) is 9.59 Å². The molecule has 0 unspecified atom stereocenters. The summed E-state index contributed by atoms with van der Waals surface area (Å²) in [6.45, 7) is 2.45. The Kier molecular flexibility index (Phi) is 5.04. The van der Waals surface area contributed by atoms with Crippen LogP contribution in [0.1, 0.15) is 28.9 Å². The number of aromatic nitrogens is 1. The number of Topliss-reactive ketones (excluding diaryl/α,β-unsaturated/α-hetero) is 1. The largest absolute Gasteiger partial charge is 0.348 e. The van der Waals surface area contributed by atoms with Crippen LogP contribution in [0.2, 0.25) is 0 Å². The van der Waals surface area contributed by atoms with Crippen molar-refractivity contribution in [2.75, 3.05) is 26.7 Å². The Morgan fingerprint density at radius 1 is 1.04 bits per heavy atom. The van der Waals surface area contributed by atoms with Crippen molar-refractivity contribution in [2.24, 2.45) is 7.05 Å². The molecule has 1 aliphatic heterocycles. The molecule has 1 amide bonds. The molecule has 5 nitrogen and oxygen atoms in total. The molecule has 3 rings (SSSR count). The number of hydrogen-bond donors (Lipinski definition) is 1. The van der Waals surface area contributed by atoms with E-state index in [1.54, 1.807) is 29.9 Å². The molecule has 1 saturated heterocycles. The van der Waals surface area contributed by atoms with Crippen molar-refractivity contribution in [3.8, 4) is 0 Å². The van der Waals surface area contributed by atoms with Crippen molar-refractivity contribution in [2.45, 2.75) is 18.3 Å². The van der Waals surface area contributed by atoms with E-state index < -0.39 is 11.7 Å². The highest BCUT2D eigenvalue weighted by atomic mass is 16.2. The van der Waals surface area contributed by atoms with Crippen LogP contribution < -0.4 is 5.32 Å². The number of carbonyl (C=O) groups excluding carboxylic acids is 2. The zero-order valence-electron chi connectivity index (χ0n) is 14.9. The van der Waals surface area contributed by atoms with Crippen molar-refractivity contribution >= 4 is 11.7 Å². The summed E-state index contributed by atoms with van der Waals surface area (Å²) in [5, 5.41) is 2.90. The lowest BCUT2D eigenvalue weighted by molar-refractivity contribution is -0.117. The van der Waals surface area contributed by atoms with Crippen LogP contribution in [-0.2, 0) is 17.3 Å². The molecule has 0 aliphatic carbocycles. The summed E-state index contributed by atoms with van der Waals surface area (Å²) >= 11 is 0. The molecule has 1 aliphatic rings. The summed E-state index contributed by atoms with van der Waals surface area (Å²) in [4.78, 5) is 27.0. The average Bonchev–Trinajstić information content (AvgIpc) is 3.07. The summed E-state index contributed by atoms with van der Waals surface area (Å²) in [7, 11) is 3.88. The Bertz CT molecular complexity index is 743. The first-order chi connectivity index (χ1) is 12.0. The van der Waals surface area contributed by atoms with E-state index in [1.807, 2.05) is 18.2 Å². The molecular weight excluding hydrogens is 314 g/mol. The standard InChI is InChI=1S/C20H25N3O2/c1-22-13-10-20(11-14-22,16-7-4-3-5-8-16)15-21-19(25)18(24)17-9-6-12-23(17)2/h3-9,12H,10-11,13-15H2,1-2H3,(H,21,25). The number of nitrogens with one attached hydrogen (secondary N) is 1. The van der Waals surface area contributed by atoms with Crippen molar-refractivity contribution in [3.63, 3.8) is 0 Å². The fourth-order valence-corrected chi connectivity index (χ4v) is 3.55. The Morgan fingerprint density at radius 3 is 2.32 bits per heavy atom. The van der Waals surface area contributed by atoms with E-state index in [1.165, 1.54) is 5.56 Å². The molecule has 1 aromatic carbocycles. The van der Waals surface area contributed by atoms with E-state index in [2.05, 4.69) is 29.4 Å². The number of amides is 1. The minimum atomic E-state index is -0.531. The van der Waals surface area contributed by atoms with Gasteiger partial charge in [-0.1, -0.05) is 30.3 Å². The smallest absolute Gasteiger partial charge is 0.294 e. The minimum Gasteiger partial charge on any atom is -0.348 e. The number of aryl methyl sites for hydroxylation is 1. The maximum Gasteiger partial charge on any atom is 0.294 e. The van der Waals surface area contributed by atoms with Crippen molar-refractivity contribution in [1.82, 2.24) is 14.8 Å². The van der Waals surface area contributed by atoms with E-state index >= 15 is 0 Å². The molecule has 2 heterocycles. The van der Waals surface area contributed by atoms with Crippen LogP contribution in [0, 0.1) is 0 Å². The molecule has 1 fully saturated rings. The van der Waals surface area contributed by atoms with Crippen LogP contribution in [0.15, 0.2) is 48.7 Å². The second-order valence-electron chi connectivity index (χ2n) is 6.97. The topological polar surface area (TPSA) is 54.3 Å². The summed E-state index contributed by atoms with van der Waals surface area (Å²) < 4.78 is 1.67. The Hall–Kier alpha value is -2.40. The van der Waals surface area contributed by atoms with Crippen LogP contribution in [0.5, 0.6) is 0 Å². The van der Waals surface area contributed by atoms with Gasteiger partial charge in [-0.25, -0.2) is 0 Å². The van der Waals surface area contributed by atoms with Crippen molar-refractivity contribution < 1.29 is 9.59 Å². The average molecular weight is 339 g/mol. The number of ketones is 1. The van der Waals surface area contributed by atoms with Crippen molar-refractivity contribution in [1.29, 1.82) is 0 Å². The number of hydrogen-bond acceptors (Lipinski definition) is 3. The lowest BCUT2D eigenvalue weighted by atomic mass is 9.72. The summed E-state index contributed by atoms with van der Waals surface area (Å²) in [6, 6.07) is 13.8. The molecule has 0 saturated carbocycles. The van der Waals surface area contributed by atoms with Gasteiger partial charge in [0.15, 0.2) is 0 Å². The highest BCUT2D eigenvalue weighted by molar-refractivity contribution is 6.42. The summed E-state index contributed by atoms with van der Waals surface area (Å²) in [5.41, 5.74) is 1.53. The first-order valence-corrected chi connectivity index (χ1v) is 8.70. The lowest BCUT2D eigenvalue weighted by Gasteiger charge is -2.41. The van der Waals surface area contributed by atoms with Gasteiger partial charge in [-0.15, -0.1) is 0 Å². The zero-order chi connectivity index (χ0) is 17.9. The number of carbonyl (C=O) groups is 2. The Morgan fingerprint density at radius 2 is 1.72 bits per heavy atom. The van der Waals surface area contributed by atoms with Crippen molar-refractivity contribution in [3.05, 3.63) is 59.9 Å². The predicted molar refractivity (Wildman–Crippen MR) is 97.6 cm³/mol. The number of rotatable bonds is 5. The van der Waals surface area contributed by atoms with E-state index in [0.29, 0.717) is 12.2 Å². The molecular formula is C20H25N3O2. The first-order valence-electron chi connectivity index (χ1n) is 8.70. The summed E-state index contributed by atoms with van der Waals surface area (Å²) in [5.74, 6) is -1.01. The lowest BCUT2D eigenvalue weighted by Crippen LogP contribution is -2.49. The van der Waals surface area contributed by atoms with Gasteiger partial charge >= 0.3 is 0 Å². The quantitative estimate of drug-likeness (QED) is 0.669. The molecule has 5 heteroatoms.